The van der Waals surface area contributed by atoms with Gasteiger partial charge in [-0.2, -0.15) is 0 Å². The molecule has 6 heteroatoms. The van der Waals surface area contributed by atoms with E-state index in [9.17, 15) is 14.0 Å². The van der Waals surface area contributed by atoms with Crippen LogP contribution in [-0.4, -0.2) is 34.6 Å². The first-order valence-electron chi connectivity index (χ1n) is 9.86. The van der Waals surface area contributed by atoms with Crippen LogP contribution < -0.4 is 5.32 Å². The van der Waals surface area contributed by atoms with Gasteiger partial charge in [-0.3, -0.25) is 9.59 Å². The SMILES string of the molecule is CC[C@H](C(=O)NC(C)C)N(Cc1ccccc1)C(=O)CSCc1ccc(F)cc1. The number of carbonyl (C=O) groups excluding carboxylic acids is 2. The van der Waals surface area contributed by atoms with Gasteiger partial charge in [0.2, 0.25) is 11.8 Å². The minimum Gasteiger partial charge on any atom is -0.352 e. The van der Waals surface area contributed by atoms with Crippen molar-refractivity contribution in [2.45, 2.75) is 51.6 Å². The number of nitrogens with one attached hydrogen (secondary N) is 1. The Labute approximate surface area is 176 Å². The van der Waals surface area contributed by atoms with E-state index in [-0.39, 0.29) is 29.4 Å². The normalized spacial score (nSPS) is 11.9. The smallest absolute Gasteiger partial charge is 0.243 e. The van der Waals surface area contributed by atoms with E-state index in [1.165, 1.54) is 23.9 Å². The molecule has 0 aromatic heterocycles. The highest BCUT2D eigenvalue weighted by Gasteiger charge is 2.28. The fraction of sp³-hybridized carbons (Fsp3) is 0.391. The number of rotatable bonds is 10. The lowest BCUT2D eigenvalue weighted by molar-refractivity contribution is -0.139. The summed E-state index contributed by atoms with van der Waals surface area (Å²) in [4.78, 5) is 27.4. The molecule has 0 spiro atoms. The topological polar surface area (TPSA) is 49.4 Å². The molecule has 0 aliphatic carbocycles. The predicted octanol–water partition coefficient (Wildman–Crippen LogP) is 4.39. The van der Waals surface area contributed by atoms with Crippen molar-refractivity contribution < 1.29 is 14.0 Å². The minimum atomic E-state index is -0.517. The summed E-state index contributed by atoms with van der Waals surface area (Å²) in [5.41, 5.74) is 1.95. The third kappa shape index (κ3) is 7.54. The lowest BCUT2D eigenvalue weighted by atomic mass is 10.1. The van der Waals surface area contributed by atoms with Gasteiger partial charge in [0, 0.05) is 18.3 Å². The summed E-state index contributed by atoms with van der Waals surface area (Å²) in [6, 6.07) is 15.5. The van der Waals surface area contributed by atoms with Gasteiger partial charge in [0.1, 0.15) is 11.9 Å². The van der Waals surface area contributed by atoms with Crippen molar-refractivity contribution in [1.82, 2.24) is 10.2 Å². The van der Waals surface area contributed by atoms with Crippen molar-refractivity contribution in [2.75, 3.05) is 5.75 Å². The Morgan fingerprint density at radius 3 is 2.28 bits per heavy atom. The van der Waals surface area contributed by atoms with Crippen molar-refractivity contribution in [3.8, 4) is 0 Å². The number of nitrogens with zero attached hydrogens (tertiary/aromatic N) is 1. The fourth-order valence-corrected chi connectivity index (χ4v) is 3.87. The molecule has 0 saturated carbocycles. The van der Waals surface area contributed by atoms with Crippen molar-refractivity contribution in [1.29, 1.82) is 0 Å². The number of amides is 2. The molecule has 0 fully saturated rings. The molecular formula is C23H29FN2O2S. The summed E-state index contributed by atoms with van der Waals surface area (Å²) in [6.07, 6.45) is 0.541. The Hall–Kier alpha value is -2.34. The maximum atomic E-state index is 13.0. The van der Waals surface area contributed by atoms with E-state index >= 15 is 0 Å². The highest BCUT2D eigenvalue weighted by atomic mass is 32.2. The molecule has 0 unspecified atom stereocenters. The molecule has 2 amide bonds. The predicted molar refractivity (Wildman–Crippen MR) is 117 cm³/mol. The van der Waals surface area contributed by atoms with Crippen LogP contribution in [0.3, 0.4) is 0 Å². The van der Waals surface area contributed by atoms with Crippen LogP contribution in [0.15, 0.2) is 54.6 Å². The Kier molecular flexibility index (Phi) is 9.19. The standard InChI is InChI=1S/C23H29FN2O2S/c1-4-21(23(28)25-17(2)3)26(14-18-8-6-5-7-9-18)22(27)16-29-15-19-10-12-20(24)13-11-19/h5-13,17,21H,4,14-16H2,1-3H3,(H,25,28)/t21-/m1/s1. The summed E-state index contributed by atoms with van der Waals surface area (Å²) in [5, 5.41) is 2.93. The number of thioether (sulfide) groups is 1. The van der Waals surface area contributed by atoms with Gasteiger partial charge in [0.25, 0.3) is 0 Å². The van der Waals surface area contributed by atoms with Crippen molar-refractivity contribution in [3.05, 3.63) is 71.5 Å². The van der Waals surface area contributed by atoms with Crippen LogP contribution in [0.2, 0.25) is 0 Å². The molecule has 1 N–H and O–H groups in total. The third-order valence-electron chi connectivity index (χ3n) is 4.42. The van der Waals surface area contributed by atoms with Crippen molar-refractivity contribution >= 4 is 23.6 Å². The summed E-state index contributed by atoms with van der Waals surface area (Å²) < 4.78 is 13.0. The average Bonchev–Trinajstić information content (AvgIpc) is 2.69. The number of carbonyl (C=O) groups is 2. The molecule has 1 atom stereocenters. The quantitative estimate of drug-likeness (QED) is 0.625. The van der Waals surface area contributed by atoms with Gasteiger partial charge in [0.05, 0.1) is 5.75 Å². The highest BCUT2D eigenvalue weighted by molar-refractivity contribution is 7.99. The second kappa shape index (κ2) is 11.6. The molecule has 4 nitrogen and oxygen atoms in total. The van der Waals surface area contributed by atoms with Gasteiger partial charge in [-0.05, 0) is 43.5 Å². The van der Waals surface area contributed by atoms with Crippen LogP contribution in [0.4, 0.5) is 4.39 Å². The van der Waals surface area contributed by atoms with Gasteiger partial charge in [-0.25, -0.2) is 4.39 Å². The minimum absolute atomic E-state index is 0.0121. The zero-order chi connectivity index (χ0) is 21.2. The zero-order valence-electron chi connectivity index (χ0n) is 17.2. The van der Waals surface area contributed by atoms with Crippen LogP contribution in [0, 0.1) is 5.82 Å². The molecule has 0 heterocycles. The molecule has 0 aliphatic rings. The summed E-state index contributed by atoms with van der Waals surface area (Å²) in [7, 11) is 0. The molecule has 2 rings (SSSR count). The molecule has 0 radical (unpaired) electrons. The number of hydrogen-bond donors (Lipinski definition) is 1. The molecule has 2 aromatic rings. The zero-order valence-corrected chi connectivity index (χ0v) is 18.0. The number of hydrogen-bond acceptors (Lipinski definition) is 3. The number of benzene rings is 2. The molecule has 0 aliphatic heterocycles. The first kappa shape index (κ1) is 22.9. The molecular weight excluding hydrogens is 387 g/mol. The van der Waals surface area contributed by atoms with Crippen molar-refractivity contribution in [3.63, 3.8) is 0 Å². The second-order valence-corrected chi connectivity index (χ2v) is 8.20. The Bertz CT molecular complexity index is 781. The van der Waals surface area contributed by atoms with Crippen LogP contribution in [0.1, 0.15) is 38.3 Å². The lowest BCUT2D eigenvalue weighted by Gasteiger charge is -2.31. The Morgan fingerprint density at radius 1 is 1.03 bits per heavy atom. The maximum absolute atomic E-state index is 13.0. The van der Waals surface area contributed by atoms with Gasteiger partial charge in [-0.1, -0.05) is 49.4 Å². The molecule has 156 valence electrons. The van der Waals surface area contributed by atoms with Gasteiger partial charge in [-0.15, -0.1) is 11.8 Å². The van der Waals surface area contributed by atoms with Gasteiger partial charge < -0.3 is 10.2 Å². The average molecular weight is 417 g/mol. The second-order valence-electron chi connectivity index (χ2n) is 7.21. The highest BCUT2D eigenvalue weighted by Crippen LogP contribution is 2.17. The molecule has 0 bridgehead atoms. The molecule has 2 aromatic carbocycles. The first-order valence-corrected chi connectivity index (χ1v) is 11.0. The van der Waals surface area contributed by atoms with Crippen LogP contribution in [0.25, 0.3) is 0 Å². The van der Waals surface area contributed by atoms with Crippen LogP contribution in [0.5, 0.6) is 0 Å². The van der Waals surface area contributed by atoms with Gasteiger partial charge >= 0.3 is 0 Å². The fourth-order valence-electron chi connectivity index (χ4n) is 3.00. The summed E-state index contributed by atoms with van der Waals surface area (Å²) >= 11 is 1.47. The first-order chi connectivity index (χ1) is 13.9. The van der Waals surface area contributed by atoms with E-state index in [0.717, 1.165) is 11.1 Å². The van der Waals surface area contributed by atoms with E-state index in [0.29, 0.717) is 18.7 Å². The van der Waals surface area contributed by atoms with Crippen molar-refractivity contribution in [2.24, 2.45) is 0 Å². The summed E-state index contributed by atoms with van der Waals surface area (Å²) in [5.74, 6) is 0.392. The van der Waals surface area contributed by atoms with Crippen LogP contribution in [-0.2, 0) is 21.9 Å². The monoisotopic (exact) mass is 416 g/mol. The van der Waals surface area contributed by atoms with E-state index in [1.807, 2.05) is 51.1 Å². The third-order valence-corrected chi connectivity index (χ3v) is 5.41. The van der Waals surface area contributed by atoms with E-state index in [1.54, 1.807) is 17.0 Å². The van der Waals surface area contributed by atoms with Gasteiger partial charge in [0.15, 0.2) is 0 Å². The molecule has 0 saturated heterocycles. The van der Waals surface area contributed by atoms with E-state index < -0.39 is 6.04 Å². The van der Waals surface area contributed by atoms with E-state index in [2.05, 4.69) is 5.32 Å². The Morgan fingerprint density at radius 2 is 1.69 bits per heavy atom. The molecule has 29 heavy (non-hydrogen) atoms. The van der Waals surface area contributed by atoms with E-state index in [4.69, 9.17) is 0 Å². The number of halogens is 1. The maximum Gasteiger partial charge on any atom is 0.243 e. The largest absolute Gasteiger partial charge is 0.352 e. The lowest BCUT2D eigenvalue weighted by Crippen LogP contribution is -2.50. The summed E-state index contributed by atoms with van der Waals surface area (Å²) in [6.45, 7) is 6.13. The van der Waals surface area contributed by atoms with Crippen LogP contribution >= 0.6 is 11.8 Å². The Balaban J connectivity index is 2.08.